The minimum absolute atomic E-state index is 0.642. The van der Waals surface area contributed by atoms with E-state index in [4.69, 9.17) is 5.73 Å². The predicted octanol–water partition coefficient (Wildman–Crippen LogP) is 7.58. The molecule has 0 rings (SSSR count). The Balaban J connectivity index is 3.08. The quantitative estimate of drug-likeness (QED) is 0.109. The van der Waals surface area contributed by atoms with Crippen molar-refractivity contribution < 1.29 is 9.59 Å². The summed E-state index contributed by atoms with van der Waals surface area (Å²) >= 11 is 0. The molecule has 0 radical (unpaired) electrons. The van der Waals surface area contributed by atoms with Crippen molar-refractivity contribution in [3.05, 3.63) is 0 Å². The van der Waals surface area contributed by atoms with Crippen LogP contribution in [0.5, 0.6) is 0 Å². The molecule has 4 heteroatoms. The fourth-order valence-corrected chi connectivity index (χ4v) is 6.13. The molecule has 0 saturated heterocycles. The first-order valence-corrected chi connectivity index (χ1v) is 15.6. The predicted molar refractivity (Wildman–Crippen MR) is 131 cm³/mol. The molecular formula is C25H55NO2Si. The Hall–Kier alpha value is 0.0969. The Morgan fingerprint density at radius 1 is 0.448 bits per heavy atom. The molecule has 0 aliphatic heterocycles. The van der Waals surface area contributed by atoms with Gasteiger partial charge in [0.25, 0.3) is 0 Å². The molecule has 4 N–H and O–H groups in total. The lowest BCUT2D eigenvalue weighted by Crippen LogP contribution is -2.33. The van der Waals surface area contributed by atoms with E-state index in [2.05, 4.69) is 0 Å². The van der Waals surface area contributed by atoms with E-state index in [-0.39, 0.29) is 0 Å². The molecule has 176 valence electrons. The molecule has 0 heterocycles. The topological polar surface area (TPSA) is 66.5 Å². The average Bonchev–Trinajstić information content (AvgIpc) is 2.69. The van der Waals surface area contributed by atoms with Gasteiger partial charge in [-0.05, 0) is 25.1 Å². The van der Waals surface area contributed by atoms with Gasteiger partial charge in [-0.25, -0.2) is 0 Å². The Labute approximate surface area is 184 Å². The molecule has 0 aromatic heterocycles. The van der Waals surface area contributed by atoms with Crippen LogP contribution in [0.15, 0.2) is 0 Å². The van der Waals surface area contributed by atoms with Crippen molar-refractivity contribution in [2.75, 3.05) is 6.54 Å². The second kappa shape index (κ2) is 22.8. The average molecular weight is 430 g/mol. The minimum atomic E-state index is -2.82. The molecule has 0 spiro atoms. The second-order valence-electron chi connectivity index (χ2n) is 9.34. The number of rotatable bonds is 24. The lowest BCUT2D eigenvalue weighted by Gasteiger charge is -2.16. The van der Waals surface area contributed by atoms with Crippen LogP contribution >= 0.6 is 0 Å². The van der Waals surface area contributed by atoms with E-state index in [1.165, 1.54) is 122 Å². The summed E-state index contributed by atoms with van der Waals surface area (Å²) in [5.74, 6) is 0. The first kappa shape index (κ1) is 29.1. The molecule has 0 unspecified atom stereocenters. The largest absolute Gasteiger partial charge is 0.411 e. The van der Waals surface area contributed by atoms with Crippen LogP contribution in [0.2, 0.25) is 12.1 Å². The van der Waals surface area contributed by atoms with Gasteiger partial charge in [0.05, 0.1) is 0 Å². The van der Waals surface area contributed by atoms with Gasteiger partial charge in [0.15, 0.2) is 0 Å². The molecule has 29 heavy (non-hydrogen) atoms. The molecule has 0 aliphatic rings. The van der Waals surface area contributed by atoms with E-state index >= 15 is 0 Å². The van der Waals surface area contributed by atoms with Crippen molar-refractivity contribution in [2.45, 2.75) is 154 Å². The highest BCUT2D eigenvalue weighted by Crippen LogP contribution is 2.18. The van der Waals surface area contributed by atoms with Crippen LogP contribution in [0.1, 0.15) is 142 Å². The van der Waals surface area contributed by atoms with Crippen LogP contribution < -0.4 is 5.73 Å². The van der Waals surface area contributed by atoms with Crippen LogP contribution in [0.3, 0.4) is 0 Å². The molecule has 0 aliphatic carbocycles. The Morgan fingerprint density at radius 3 is 1.00 bits per heavy atom. The molecule has 0 atom stereocenters. The first-order valence-electron chi connectivity index (χ1n) is 13.3. The number of nitrogens with two attached hydrogens (primary N) is 1. The standard InChI is InChI=1S/C25H55NO2Si/c1-2-24-29(27,28)25-22-20-18-16-14-12-10-8-6-4-3-5-7-9-11-13-15-17-19-21-23-26/h27-28H,2-26H2,1H3. The van der Waals surface area contributed by atoms with Crippen LogP contribution in [0.25, 0.3) is 0 Å². The van der Waals surface area contributed by atoms with E-state index in [1.54, 1.807) is 0 Å². The highest BCUT2D eigenvalue weighted by atomic mass is 28.4. The molecule has 0 saturated carbocycles. The summed E-state index contributed by atoms with van der Waals surface area (Å²) in [4.78, 5) is 19.7. The van der Waals surface area contributed by atoms with E-state index in [9.17, 15) is 9.59 Å². The summed E-state index contributed by atoms with van der Waals surface area (Å²) in [6.07, 6.45) is 28.1. The number of unbranched alkanes of at least 4 members (excludes halogenated alkanes) is 19. The zero-order chi connectivity index (χ0) is 21.5. The fraction of sp³-hybridized carbons (Fsp3) is 1.00. The smallest absolute Gasteiger partial charge is 0.332 e. The van der Waals surface area contributed by atoms with Crippen LogP contribution in [-0.2, 0) is 0 Å². The maximum absolute atomic E-state index is 9.86. The maximum Gasteiger partial charge on any atom is 0.332 e. The zero-order valence-corrected chi connectivity index (χ0v) is 20.9. The summed E-state index contributed by atoms with van der Waals surface area (Å²) in [6.45, 7) is 2.89. The van der Waals surface area contributed by atoms with Gasteiger partial charge < -0.3 is 15.3 Å². The number of hydrogen-bond acceptors (Lipinski definition) is 3. The van der Waals surface area contributed by atoms with Gasteiger partial charge in [-0.15, -0.1) is 0 Å². The van der Waals surface area contributed by atoms with Crippen molar-refractivity contribution in [1.82, 2.24) is 0 Å². The Bertz CT molecular complexity index is 313. The van der Waals surface area contributed by atoms with Crippen LogP contribution in [0, 0.1) is 0 Å². The number of hydrogen-bond donors (Lipinski definition) is 3. The van der Waals surface area contributed by atoms with Crippen molar-refractivity contribution in [3.8, 4) is 0 Å². The monoisotopic (exact) mass is 429 g/mol. The molecular weight excluding hydrogens is 374 g/mol. The third kappa shape index (κ3) is 24.2. The van der Waals surface area contributed by atoms with Crippen molar-refractivity contribution in [2.24, 2.45) is 5.73 Å². The molecule has 3 nitrogen and oxygen atoms in total. The van der Waals surface area contributed by atoms with E-state index in [0.717, 1.165) is 19.4 Å². The van der Waals surface area contributed by atoms with Crippen molar-refractivity contribution in [1.29, 1.82) is 0 Å². The van der Waals surface area contributed by atoms with Gasteiger partial charge in [0.1, 0.15) is 0 Å². The maximum atomic E-state index is 9.86. The summed E-state index contributed by atoms with van der Waals surface area (Å²) in [5.41, 5.74) is 5.52. The van der Waals surface area contributed by atoms with Gasteiger partial charge in [-0.3, -0.25) is 0 Å². The summed E-state index contributed by atoms with van der Waals surface area (Å²) in [5, 5.41) is 0. The van der Waals surface area contributed by atoms with E-state index in [1.807, 2.05) is 6.92 Å². The summed E-state index contributed by atoms with van der Waals surface area (Å²) in [6, 6.07) is 1.32. The van der Waals surface area contributed by atoms with Crippen LogP contribution in [-0.4, -0.2) is 24.7 Å². The van der Waals surface area contributed by atoms with Crippen molar-refractivity contribution in [3.63, 3.8) is 0 Å². The Morgan fingerprint density at radius 2 is 0.724 bits per heavy atom. The molecule has 0 aromatic carbocycles. The zero-order valence-electron chi connectivity index (χ0n) is 19.9. The fourth-order valence-electron chi connectivity index (χ4n) is 4.26. The van der Waals surface area contributed by atoms with Crippen LogP contribution in [0.4, 0.5) is 0 Å². The summed E-state index contributed by atoms with van der Waals surface area (Å²) in [7, 11) is -2.82. The van der Waals surface area contributed by atoms with Gasteiger partial charge >= 0.3 is 8.56 Å². The van der Waals surface area contributed by atoms with E-state index in [0.29, 0.717) is 12.1 Å². The highest BCUT2D eigenvalue weighted by molar-refractivity contribution is 6.64. The Kier molecular flexibility index (Phi) is 22.9. The van der Waals surface area contributed by atoms with E-state index < -0.39 is 8.56 Å². The first-order chi connectivity index (χ1) is 14.1. The second-order valence-corrected chi connectivity index (χ2v) is 12.3. The van der Waals surface area contributed by atoms with Gasteiger partial charge in [0, 0.05) is 0 Å². The molecule has 0 bridgehead atoms. The minimum Gasteiger partial charge on any atom is -0.411 e. The summed E-state index contributed by atoms with van der Waals surface area (Å²) < 4.78 is 0. The van der Waals surface area contributed by atoms with Gasteiger partial charge in [-0.1, -0.05) is 135 Å². The normalized spacial score (nSPS) is 12.0. The highest BCUT2D eigenvalue weighted by Gasteiger charge is 2.26. The van der Waals surface area contributed by atoms with Gasteiger partial charge in [0.2, 0.25) is 0 Å². The third-order valence-corrected chi connectivity index (χ3v) is 8.64. The third-order valence-electron chi connectivity index (χ3n) is 6.18. The molecule has 0 aromatic rings. The molecule has 0 amide bonds. The lowest BCUT2D eigenvalue weighted by molar-refractivity contribution is 0.353. The van der Waals surface area contributed by atoms with Gasteiger partial charge in [-0.2, -0.15) is 0 Å². The lowest BCUT2D eigenvalue weighted by atomic mass is 10.0. The molecule has 0 fully saturated rings. The SMILES string of the molecule is CCC[Si](O)(O)CCCCCCCCCCCCCCCCCCCCCCN. The van der Waals surface area contributed by atoms with Crippen molar-refractivity contribution >= 4 is 8.56 Å².